The summed E-state index contributed by atoms with van der Waals surface area (Å²) in [6.45, 7) is 0.745. The molecular formula is C25H25N5O. The fraction of sp³-hybridized carbons (Fsp3) is 0.160. The molecule has 0 spiro atoms. The van der Waals surface area contributed by atoms with Gasteiger partial charge in [-0.05, 0) is 29.7 Å². The van der Waals surface area contributed by atoms with Gasteiger partial charge in [-0.3, -0.25) is 4.79 Å². The maximum absolute atomic E-state index is 12.7. The number of rotatable bonds is 7. The lowest BCUT2D eigenvalue weighted by Crippen LogP contribution is -2.21. The van der Waals surface area contributed by atoms with Crippen molar-refractivity contribution in [2.24, 2.45) is 7.05 Å². The summed E-state index contributed by atoms with van der Waals surface area (Å²) < 4.78 is 1.61. The van der Waals surface area contributed by atoms with Crippen molar-refractivity contribution in [1.29, 1.82) is 0 Å². The van der Waals surface area contributed by atoms with E-state index in [-0.39, 0.29) is 5.56 Å². The third-order valence-corrected chi connectivity index (χ3v) is 5.17. The first-order chi connectivity index (χ1) is 15.1. The van der Waals surface area contributed by atoms with E-state index in [4.69, 9.17) is 0 Å². The molecule has 0 amide bonds. The van der Waals surface area contributed by atoms with Gasteiger partial charge < -0.3 is 14.8 Å². The van der Waals surface area contributed by atoms with Gasteiger partial charge in [-0.25, -0.2) is 4.98 Å². The van der Waals surface area contributed by atoms with Crippen LogP contribution in [0.4, 0.5) is 17.5 Å². The molecule has 6 nitrogen and oxygen atoms in total. The molecule has 0 aliphatic carbocycles. The molecule has 0 unspecified atom stereocenters. The standard InChI is InChI=1S/C25H25N5O/c1-29-18-21(17-22(24(29)31)20-11-7-4-8-12-20)30(2)23-14-16-27-25(28-23)26-15-13-19-9-5-3-6-10-19/h3-12,14,16-18H,13,15H2,1-2H3,(H,26,27,28). The van der Waals surface area contributed by atoms with Crippen LogP contribution in [0.15, 0.2) is 90.0 Å². The van der Waals surface area contributed by atoms with Crippen LogP contribution in [0, 0.1) is 0 Å². The van der Waals surface area contributed by atoms with E-state index in [2.05, 4.69) is 27.4 Å². The first kappa shape index (κ1) is 20.3. The zero-order valence-electron chi connectivity index (χ0n) is 17.7. The molecule has 1 N–H and O–H groups in total. The van der Waals surface area contributed by atoms with Gasteiger partial charge in [-0.15, -0.1) is 0 Å². The maximum atomic E-state index is 12.7. The van der Waals surface area contributed by atoms with E-state index in [1.165, 1.54) is 5.56 Å². The van der Waals surface area contributed by atoms with Crippen LogP contribution in [-0.2, 0) is 13.5 Å². The van der Waals surface area contributed by atoms with E-state index in [0.29, 0.717) is 11.5 Å². The maximum Gasteiger partial charge on any atom is 0.258 e. The molecule has 2 aromatic heterocycles. The van der Waals surface area contributed by atoms with Crippen molar-refractivity contribution in [3.8, 4) is 11.1 Å². The lowest BCUT2D eigenvalue weighted by molar-refractivity contribution is 0.858. The molecular weight excluding hydrogens is 386 g/mol. The SMILES string of the molecule is CN(c1cc(-c2ccccc2)c(=O)n(C)c1)c1ccnc(NCCc2ccccc2)n1. The molecule has 156 valence electrons. The zero-order chi connectivity index (χ0) is 21.6. The van der Waals surface area contributed by atoms with Crippen molar-refractivity contribution < 1.29 is 0 Å². The number of nitrogens with one attached hydrogen (secondary N) is 1. The highest BCUT2D eigenvalue weighted by molar-refractivity contribution is 5.70. The second-order valence-electron chi connectivity index (χ2n) is 7.35. The van der Waals surface area contributed by atoms with Gasteiger partial charge in [-0.1, -0.05) is 60.7 Å². The zero-order valence-corrected chi connectivity index (χ0v) is 17.7. The van der Waals surface area contributed by atoms with E-state index < -0.39 is 0 Å². The number of aromatic nitrogens is 3. The number of pyridine rings is 1. The van der Waals surface area contributed by atoms with Gasteiger partial charge in [0, 0.05) is 38.6 Å². The summed E-state index contributed by atoms with van der Waals surface area (Å²) in [5, 5.41) is 3.29. The minimum atomic E-state index is -0.0331. The molecule has 6 heteroatoms. The number of nitrogens with zero attached hydrogens (tertiary/aromatic N) is 4. The van der Waals surface area contributed by atoms with E-state index in [0.717, 1.165) is 30.0 Å². The first-order valence-corrected chi connectivity index (χ1v) is 10.2. The summed E-state index contributed by atoms with van der Waals surface area (Å²) in [5.41, 5.74) is 3.65. The van der Waals surface area contributed by atoms with Gasteiger partial charge in [0.25, 0.3) is 5.56 Å². The van der Waals surface area contributed by atoms with Crippen LogP contribution in [0.2, 0.25) is 0 Å². The highest BCUT2D eigenvalue weighted by atomic mass is 16.1. The highest BCUT2D eigenvalue weighted by Gasteiger charge is 2.12. The van der Waals surface area contributed by atoms with Gasteiger partial charge in [0.2, 0.25) is 5.95 Å². The second-order valence-corrected chi connectivity index (χ2v) is 7.35. The normalized spacial score (nSPS) is 10.6. The summed E-state index contributed by atoms with van der Waals surface area (Å²) in [4.78, 5) is 23.6. The Morgan fingerprint density at radius 3 is 2.45 bits per heavy atom. The Balaban J connectivity index is 1.54. The second kappa shape index (κ2) is 9.26. The first-order valence-electron chi connectivity index (χ1n) is 10.2. The van der Waals surface area contributed by atoms with Crippen LogP contribution in [0.25, 0.3) is 11.1 Å². The molecule has 0 fully saturated rings. The predicted octanol–water partition coefficient (Wildman–Crippen LogP) is 4.26. The molecule has 0 saturated heterocycles. The average Bonchev–Trinajstić information content (AvgIpc) is 2.82. The van der Waals surface area contributed by atoms with Crippen LogP contribution < -0.4 is 15.8 Å². The van der Waals surface area contributed by atoms with Crippen LogP contribution in [0.1, 0.15) is 5.56 Å². The molecule has 4 aromatic rings. The molecule has 0 saturated carbocycles. The molecule has 0 radical (unpaired) electrons. The third-order valence-electron chi connectivity index (χ3n) is 5.17. The molecule has 4 rings (SSSR count). The van der Waals surface area contributed by atoms with Gasteiger partial charge in [-0.2, -0.15) is 4.98 Å². The lowest BCUT2D eigenvalue weighted by Gasteiger charge is -2.20. The summed E-state index contributed by atoms with van der Waals surface area (Å²) in [7, 11) is 3.70. The van der Waals surface area contributed by atoms with Crippen molar-refractivity contribution in [3.05, 3.63) is 101 Å². The van der Waals surface area contributed by atoms with Crippen molar-refractivity contribution in [2.75, 3.05) is 23.8 Å². The van der Waals surface area contributed by atoms with Gasteiger partial charge in [0.15, 0.2) is 0 Å². The van der Waals surface area contributed by atoms with Crippen molar-refractivity contribution in [3.63, 3.8) is 0 Å². The molecule has 0 bridgehead atoms. The van der Waals surface area contributed by atoms with Crippen molar-refractivity contribution in [1.82, 2.24) is 14.5 Å². The third kappa shape index (κ3) is 4.80. The van der Waals surface area contributed by atoms with E-state index >= 15 is 0 Å². The minimum absolute atomic E-state index is 0.0331. The number of benzene rings is 2. The summed E-state index contributed by atoms with van der Waals surface area (Å²) in [6.07, 6.45) is 4.45. The minimum Gasteiger partial charge on any atom is -0.354 e. The van der Waals surface area contributed by atoms with Crippen molar-refractivity contribution in [2.45, 2.75) is 6.42 Å². The molecule has 2 heterocycles. The molecule has 0 atom stereocenters. The van der Waals surface area contributed by atoms with Gasteiger partial charge in [0.05, 0.1) is 5.69 Å². The van der Waals surface area contributed by atoms with E-state index in [9.17, 15) is 4.79 Å². The Labute approximate surface area is 181 Å². The Morgan fingerprint density at radius 2 is 1.71 bits per heavy atom. The summed E-state index contributed by atoms with van der Waals surface area (Å²) in [5.74, 6) is 1.32. The number of hydrogen-bond acceptors (Lipinski definition) is 5. The quantitative estimate of drug-likeness (QED) is 0.492. The number of anilines is 3. The number of aryl methyl sites for hydroxylation is 1. The molecule has 0 aliphatic heterocycles. The lowest BCUT2D eigenvalue weighted by atomic mass is 10.1. The van der Waals surface area contributed by atoms with Crippen LogP contribution in [0.5, 0.6) is 0 Å². The highest BCUT2D eigenvalue weighted by Crippen LogP contribution is 2.25. The molecule has 31 heavy (non-hydrogen) atoms. The molecule has 2 aromatic carbocycles. The van der Waals surface area contributed by atoms with Crippen LogP contribution >= 0.6 is 0 Å². The summed E-state index contributed by atoms with van der Waals surface area (Å²) >= 11 is 0. The molecule has 0 aliphatic rings. The van der Waals surface area contributed by atoms with Crippen LogP contribution in [0.3, 0.4) is 0 Å². The Hall–Kier alpha value is -3.93. The Morgan fingerprint density at radius 1 is 1.00 bits per heavy atom. The van der Waals surface area contributed by atoms with Gasteiger partial charge >= 0.3 is 0 Å². The number of hydrogen-bond donors (Lipinski definition) is 1. The summed E-state index contributed by atoms with van der Waals surface area (Å²) in [6, 6.07) is 23.8. The predicted molar refractivity (Wildman–Crippen MR) is 126 cm³/mol. The Kier molecular flexibility index (Phi) is 6.08. The smallest absolute Gasteiger partial charge is 0.258 e. The fourth-order valence-electron chi connectivity index (χ4n) is 3.42. The monoisotopic (exact) mass is 411 g/mol. The van der Waals surface area contributed by atoms with Crippen LogP contribution in [-0.4, -0.2) is 28.1 Å². The Bertz CT molecular complexity index is 1210. The van der Waals surface area contributed by atoms with Crippen molar-refractivity contribution >= 4 is 17.5 Å². The largest absolute Gasteiger partial charge is 0.354 e. The van der Waals surface area contributed by atoms with Gasteiger partial charge in [0.1, 0.15) is 5.82 Å². The van der Waals surface area contributed by atoms with E-state index in [1.54, 1.807) is 17.8 Å². The topological polar surface area (TPSA) is 63.1 Å². The fourth-order valence-corrected chi connectivity index (χ4v) is 3.42. The van der Waals surface area contributed by atoms with E-state index in [1.807, 2.05) is 78.8 Å². The average molecular weight is 412 g/mol.